The van der Waals surface area contributed by atoms with Crippen LogP contribution in [0.5, 0.6) is 11.5 Å². The van der Waals surface area contributed by atoms with Crippen molar-refractivity contribution in [3.05, 3.63) is 53.6 Å². The lowest BCUT2D eigenvalue weighted by molar-refractivity contribution is -0.114. The summed E-state index contributed by atoms with van der Waals surface area (Å²) in [5, 5.41) is 14.4. The molecule has 1 amide bonds. The molecule has 4 rings (SSSR count). The van der Waals surface area contributed by atoms with Crippen molar-refractivity contribution in [2.24, 2.45) is 0 Å². The first-order valence-corrected chi connectivity index (χ1v) is 11.2. The number of anilines is 1. The molecule has 1 aliphatic heterocycles. The second kappa shape index (κ2) is 9.90. The van der Waals surface area contributed by atoms with Crippen LogP contribution in [0.4, 0.5) is 5.69 Å². The summed E-state index contributed by atoms with van der Waals surface area (Å²) < 4.78 is 12.2. The molecule has 0 bridgehead atoms. The summed E-state index contributed by atoms with van der Waals surface area (Å²) >= 11 is 6.05. The number of piperidine rings is 1. The summed E-state index contributed by atoms with van der Waals surface area (Å²) in [4.78, 5) is 13.8. The van der Waals surface area contributed by atoms with Crippen molar-refractivity contribution in [1.29, 1.82) is 0 Å². The molecule has 2 aliphatic rings. The monoisotopic (exact) mass is 444 g/mol. The number of likely N-dealkylation sites (tertiary alicyclic amines) is 1. The van der Waals surface area contributed by atoms with Crippen LogP contribution in [0.3, 0.4) is 0 Å². The smallest absolute Gasteiger partial charge is 0.221 e. The average molecular weight is 445 g/mol. The molecule has 0 aromatic heterocycles. The third-order valence-corrected chi connectivity index (χ3v) is 6.28. The summed E-state index contributed by atoms with van der Waals surface area (Å²) in [6, 6.07) is 14.9. The molecule has 1 saturated carbocycles. The summed E-state index contributed by atoms with van der Waals surface area (Å²) in [7, 11) is 0. The van der Waals surface area contributed by atoms with Crippen molar-refractivity contribution < 1.29 is 19.4 Å². The third kappa shape index (κ3) is 5.50. The SMILES string of the molecule is CC(=O)Nc1ccccc1O[C@H]1CCC(N2CCC(Oc3cccc(Cl)c3)CC2)C1O. The van der Waals surface area contributed by atoms with Gasteiger partial charge in [-0.05, 0) is 56.0 Å². The topological polar surface area (TPSA) is 71.0 Å². The standard InChI is InChI=1S/C24H29ClN2O4/c1-16(28)26-20-7-2-3-8-22(20)31-23-10-9-21(24(23)29)27-13-11-18(12-14-27)30-19-6-4-5-17(25)15-19/h2-8,15,18,21,23-24,29H,9-14H2,1H3,(H,26,28)/t21?,23-,24?/m0/s1. The van der Waals surface area contributed by atoms with Gasteiger partial charge in [0, 0.05) is 31.1 Å². The van der Waals surface area contributed by atoms with Crippen molar-refractivity contribution >= 4 is 23.2 Å². The van der Waals surface area contributed by atoms with E-state index in [2.05, 4.69) is 10.2 Å². The van der Waals surface area contributed by atoms with Crippen LogP contribution in [0, 0.1) is 0 Å². The molecule has 2 unspecified atom stereocenters. The van der Waals surface area contributed by atoms with E-state index in [1.165, 1.54) is 6.92 Å². The molecule has 7 heteroatoms. The molecule has 6 nitrogen and oxygen atoms in total. The van der Waals surface area contributed by atoms with Gasteiger partial charge in [-0.25, -0.2) is 0 Å². The van der Waals surface area contributed by atoms with Crippen molar-refractivity contribution in [3.63, 3.8) is 0 Å². The van der Waals surface area contributed by atoms with Gasteiger partial charge in [0.1, 0.15) is 29.8 Å². The lowest BCUT2D eigenvalue weighted by atomic mass is 10.0. The number of hydrogen-bond donors (Lipinski definition) is 2. The molecular formula is C24H29ClN2O4. The van der Waals surface area contributed by atoms with Gasteiger partial charge in [0.25, 0.3) is 0 Å². The van der Waals surface area contributed by atoms with Gasteiger partial charge in [-0.15, -0.1) is 0 Å². The maximum atomic E-state index is 11.4. The minimum absolute atomic E-state index is 0.0741. The first-order chi connectivity index (χ1) is 15.0. The Morgan fingerprint density at radius 2 is 1.84 bits per heavy atom. The lowest BCUT2D eigenvalue weighted by Crippen LogP contribution is -2.49. The predicted octanol–water partition coefficient (Wildman–Crippen LogP) is 4.11. The highest BCUT2D eigenvalue weighted by Gasteiger charge is 2.41. The van der Waals surface area contributed by atoms with Crippen LogP contribution in [0.25, 0.3) is 0 Å². The molecule has 2 aromatic rings. The van der Waals surface area contributed by atoms with Gasteiger partial charge in [-0.3, -0.25) is 9.69 Å². The molecule has 166 valence electrons. The van der Waals surface area contributed by atoms with E-state index >= 15 is 0 Å². The molecule has 2 aromatic carbocycles. The number of amides is 1. The second-order valence-corrected chi connectivity index (χ2v) is 8.72. The van der Waals surface area contributed by atoms with Crippen LogP contribution in [0.1, 0.15) is 32.6 Å². The molecule has 31 heavy (non-hydrogen) atoms. The Morgan fingerprint density at radius 3 is 2.58 bits per heavy atom. The number of halogens is 1. The maximum absolute atomic E-state index is 11.4. The molecule has 2 fully saturated rings. The van der Waals surface area contributed by atoms with E-state index < -0.39 is 6.10 Å². The zero-order valence-electron chi connectivity index (χ0n) is 17.7. The number of nitrogens with one attached hydrogen (secondary N) is 1. The van der Waals surface area contributed by atoms with E-state index in [0.717, 1.165) is 44.5 Å². The first kappa shape index (κ1) is 21.9. The van der Waals surface area contributed by atoms with Crippen molar-refractivity contribution in [2.75, 3.05) is 18.4 Å². The fourth-order valence-electron chi connectivity index (χ4n) is 4.53. The van der Waals surface area contributed by atoms with E-state index in [1.54, 1.807) is 6.07 Å². The molecule has 3 atom stereocenters. The van der Waals surface area contributed by atoms with Gasteiger partial charge < -0.3 is 19.9 Å². The number of carbonyl (C=O) groups excluding carboxylic acids is 1. The number of benzene rings is 2. The summed E-state index contributed by atoms with van der Waals surface area (Å²) in [6.07, 6.45) is 2.77. The van der Waals surface area contributed by atoms with E-state index in [4.69, 9.17) is 21.1 Å². The number of aliphatic hydroxyl groups is 1. The van der Waals surface area contributed by atoms with E-state index in [0.29, 0.717) is 16.5 Å². The Kier molecular flexibility index (Phi) is 7.00. The summed E-state index contributed by atoms with van der Waals surface area (Å²) in [5.74, 6) is 1.25. The predicted molar refractivity (Wildman–Crippen MR) is 121 cm³/mol. The average Bonchev–Trinajstić information content (AvgIpc) is 3.10. The fourth-order valence-corrected chi connectivity index (χ4v) is 4.72. The third-order valence-electron chi connectivity index (χ3n) is 6.04. The number of nitrogens with zero attached hydrogens (tertiary/aromatic N) is 1. The second-order valence-electron chi connectivity index (χ2n) is 8.28. The van der Waals surface area contributed by atoms with Gasteiger partial charge in [0.15, 0.2) is 0 Å². The Labute approximate surface area is 188 Å². The van der Waals surface area contributed by atoms with Gasteiger partial charge in [-0.2, -0.15) is 0 Å². The van der Waals surface area contributed by atoms with Gasteiger partial charge in [0.05, 0.1) is 5.69 Å². The van der Waals surface area contributed by atoms with Crippen molar-refractivity contribution in [2.45, 2.75) is 57.0 Å². The van der Waals surface area contributed by atoms with Crippen LogP contribution < -0.4 is 14.8 Å². The number of hydrogen-bond acceptors (Lipinski definition) is 5. The van der Waals surface area contributed by atoms with Crippen LogP contribution in [0.15, 0.2) is 48.5 Å². The van der Waals surface area contributed by atoms with E-state index in [9.17, 15) is 9.90 Å². The van der Waals surface area contributed by atoms with Gasteiger partial charge >= 0.3 is 0 Å². The van der Waals surface area contributed by atoms with Crippen LogP contribution in [-0.2, 0) is 4.79 Å². The first-order valence-electron chi connectivity index (χ1n) is 10.9. The number of ether oxygens (including phenoxy) is 2. The molecule has 1 aliphatic carbocycles. The Balaban J connectivity index is 1.31. The largest absolute Gasteiger partial charge is 0.490 e. The van der Waals surface area contributed by atoms with Gasteiger partial charge in [0.2, 0.25) is 5.91 Å². The van der Waals surface area contributed by atoms with E-state index in [1.807, 2.05) is 42.5 Å². The van der Waals surface area contributed by atoms with Crippen molar-refractivity contribution in [3.8, 4) is 11.5 Å². The number of rotatable bonds is 6. The zero-order chi connectivity index (χ0) is 21.8. The summed E-state index contributed by atoms with van der Waals surface area (Å²) in [5.41, 5.74) is 0.629. The van der Waals surface area contributed by atoms with Crippen molar-refractivity contribution in [1.82, 2.24) is 4.90 Å². The number of aliphatic hydroxyl groups excluding tert-OH is 1. The fraction of sp³-hybridized carbons (Fsp3) is 0.458. The number of carbonyl (C=O) groups is 1. The highest BCUT2D eigenvalue weighted by Crippen LogP contribution is 2.33. The Hall–Kier alpha value is -2.28. The molecule has 0 spiro atoms. The molecule has 1 heterocycles. The van der Waals surface area contributed by atoms with Crippen LogP contribution >= 0.6 is 11.6 Å². The minimum atomic E-state index is -0.573. The maximum Gasteiger partial charge on any atom is 0.221 e. The number of para-hydroxylation sites is 2. The molecular weight excluding hydrogens is 416 g/mol. The molecule has 1 saturated heterocycles. The normalized spacial score (nSPS) is 24.7. The highest BCUT2D eigenvalue weighted by molar-refractivity contribution is 6.30. The highest BCUT2D eigenvalue weighted by atomic mass is 35.5. The Bertz CT molecular complexity index is 901. The Morgan fingerprint density at radius 1 is 1.06 bits per heavy atom. The van der Waals surface area contributed by atoms with Crippen LogP contribution in [-0.4, -0.2) is 53.4 Å². The lowest BCUT2D eigenvalue weighted by Gasteiger charge is -2.37. The minimum Gasteiger partial charge on any atom is -0.490 e. The van der Waals surface area contributed by atoms with E-state index in [-0.39, 0.29) is 24.2 Å². The summed E-state index contributed by atoms with van der Waals surface area (Å²) in [6.45, 7) is 3.22. The van der Waals surface area contributed by atoms with Crippen LogP contribution in [0.2, 0.25) is 5.02 Å². The quantitative estimate of drug-likeness (QED) is 0.701. The molecule has 0 radical (unpaired) electrons. The molecule has 2 N–H and O–H groups in total. The van der Waals surface area contributed by atoms with Gasteiger partial charge in [-0.1, -0.05) is 29.8 Å². The zero-order valence-corrected chi connectivity index (χ0v) is 18.4.